The van der Waals surface area contributed by atoms with Crippen LogP contribution in [0.2, 0.25) is 5.02 Å². The SMILES string of the molecule is O=c1ncccn1Cc1ccc(Br)cc1Cl. The molecule has 16 heavy (non-hydrogen) atoms. The predicted octanol–water partition coefficient (Wildman–Crippen LogP) is 2.71. The van der Waals surface area contributed by atoms with Crippen LogP contribution in [0.1, 0.15) is 5.56 Å². The van der Waals surface area contributed by atoms with E-state index in [4.69, 9.17) is 11.6 Å². The maximum atomic E-state index is 11.4. The third kappa shape index (κ3) is 2.51. The number of benzene rings is 1. The van der Waals surface area contributed by atoms with Gasteiger partial charge in [0.2, 0.25) is 0 Å². The lowest BCUT2D eigenvalue weighted by atomic mass is 10.2. The van der Waals surface area contributed by atoms with Crippen molar-refractivity contribution in [2.45, 2.75) is 6.54 Å². The van der Waals surface area contributed by atoms with Crippen LogP contribution in [-0.2, 0) is 6.54 Å². The fourth-order valence-electron chi connectivity index (χ4n) is 1.34. The van der Waals surface area contributed by atoms with Gasteiger partial charge in [-0.1, -0.05) is 33.6 Å². The monoisotopic (exact) mass is 298 g/mol. The minimum atomic E-state index is -0.276. The number of hydrogen-bond acceptors (Lipinski definition) is 2. The van der Waals surface area contributed by atoms with Gasteiger partial charge < -0.3 is 0 Å². The van der Waals surface area contributed by atoms with Gasteiger partial charge in [-0.3, -0.25) is 4.57 Å². The maximum Gasteiger partial charge on any atom is 0.347 e. The summed E-state index contributed by atoms with van der Waals surface area (Å²) in [5.41, 5.74) is 0.612. The Labute approximate surface area is 106 Å². The van der Waals surface area contributed by atoms with Crippen LogP contribution in [0.3, 0.4) is 0 Å². The Morgan fingerprint density at radius 3 is 2.94 bits per heavy atom. The van der Waals surface area contributed by atoms with Crippen molar-refractivity contribution in [3.05, 3.63) is 62.2 Å². The Balaban J connectivity index is 2.35. The first-order valence-corrected chi connectivity index (χ1v) is 5.79. The summed E-state index contributed by atoms with van der Waals surface area (Å²) in [6, 6.07) is 7.29. The number of nitrogens with zero attached hydrogens (tertiary/aromatic N) is 2. The largest absolute Gasteiger partial charge is 0.347 e. The van der Waals surface area contributed by atoms with Crippen LogP contribution in [0, 0.1) is 0 Å². The highest BCUT2D eigenvalue weighted by atomic mass is 79.9. The van der Waals surface area contributed by atoms with Gasteiger partial charge >= 0.3 is 5.69 Å². The van der Waals surface area contributed by atoms with E-state index in [1.54, 1.807) is 18.3 Å². The summed E-state index contributed by atoms with van der Waals surface area (Å²) in [5, 5.41) is 0.630. The van der Waals surface area contributed by atoms with Gasteiger partial charge in [-0.25, -0.2) is 9.78 Å². The molecule has 0 N–H and O–H groups in total. The van der Waals surface area contributed by atoms with Gasteiger partial charge in [0.15, 0.2) is 0 Å². The molecular weight excluding hydrogens is 291 g/mol. The molecule has 0 fully saturated rings. The zero-order valence-corrected chi connectivity index (χ0v) is 10.6. The van der Waals surface area contributed by atoms with E-state index in [1.807, 2.05) is 12.1 Å². The highest BCUT2D eigenvalue weighted by Gasteiger charge is 2.03. The molecule has 1 heterocycles. The first-order chi connectivity index (χ1) is 7.66. The van der Waals surface area contributed by atoms with Gasteiger partial charge in [0.1, 0.15) is 0 Å². The van der Waals surface area contributed by atoms with E-state index >= 15 is 0 Å². The van der Waals surface area contributed by atoms with E-state index in [2.05, 4.69) is 20.9 Å². The molecule has 0 saturated heterocycles. The summed E-state index contributed by atoms with van der Waals surface area (Å²) in [7, 11) is 0. The minimum absolute atomic E-state index is 0.276. The third-order valence-electron chi connectivity index (χ3n) is 2.14. The highest BCUT2D eigenvalue weighted by Crippen LogP contribution is 2.21. The minimum Gasteiger partial charge on any atom is -0.295 e. The fourth-order valence-corrected chi connectivity index (χ4v) is 2.07. The molecule has 0 aliphatic carbocycles. The standard InChI is InChI=1S/C11H8BrClN2O/c12-9-3-2-8(10(13)6-9)7-15-5-1-4-14-11(15)16/h1-6H,7H2. The summed E-state index contributed by atoms with van der Waals surface area (Å²) < 4.78 is 2.43. The highest BCUT2D eigenvalue weighted by molar-refractivity contribution is 9.10. The summed E-state index contributed by atoms with van der Waals surface area (Å²) in [6.45, 7) is 0.429. The number of aromatic nitrogens is 2. The average Bonchev–Trinajstić information content (AvgIpc) is 2.25. The molecular formula is C11H8BrClN2O. The maximum absolute atomic E-state index is 11.4. The van der Waals surface area contributed by atoms with Crippen molar-refractivity contribution in [1.82, 2.24) is 9.55 Å². The molecule has 0 radical (unpaired) electrons. The van der Waals surface area contributed by atoms with Crippen molar-refractivity contribution >= 4 is 27.5 Å². The molecule has 0 aliphatic rings. The van der Waals surface area contributed by atoms with Crippen LogP contribution in [-0.4, -0.2) is 9.55 Å². The molecule has 2 rings (SSSR count). The van der Waals surface area contributed by atoms with E-state index in [0.29, 0.717) is 11.6 Å². The van der Waals surface area contributed by atoms with Crippen LogP contribution in [0.5, 0.6) is 0 Å². The van der Waals surface area contributed by atoms with Crippen molar-refractivity contribution < 1.29 is 0 Å². The molecule has 0 saturated carbocycles. The van der Waals surface area contributed by atoms with Crippen LogP contribution >= 0.6 is 27.5 Å². The van der Waals surface area contributed by atoms with Crippen LogP contribution in [0.4, 0.5) is 0 Å². The summed E-state index contributed by atoms with van der Waals surface area (Å²) in [6.07, 6.45) is 3.16. The number of hydrogen-bond donors (Lipinski definition) is 0. The van der Waals surface area contributed by atoms with Crippen LogP contribution in [0.15, 0.2) is 45.9 Å². The Hall–Kier alpha value is -1.13. The third-order valence-corrected chi connectivity index (χ3v) is 2.98. The van der Waals surface area contributed by atoms with Crippen molar-refractivity contribution in [3.8, 4) is 0 Å². The Bertz CT molecular complexity index is 568. The van der Waals surface area contributed by atoms with Crippen molar-refractivity contribution in [2.75, 3.05) is 0 Å². The topological polar surface area (TPSA) is 34.9 Å². The zero-order chi connectivity index (χ0) is 11.5. The van der Waals surface area contributed by atoms with Gasteiger partial charge in [0.25, 0.3) is 0 Å². The molecule has 0 bridgehead atoms. The lowest BCUT2D eigenvalue weighted by molar-refractivity contribution is 0.727. The van der Waals surface area contributed by atoms with E-state index < -0.39 is 0 Å². The predicted molar refractivity (Wildman–Crippen MR) is 66.8 cm³/mol. The fraction of sp³-hybridized carbons (Fsp3) is 0.0909. The van der Waals surface area contributed by atoms with Crippen molar-refractivity contribution in [1.29, 1.82) is 0 Å². The lowest BCUT2D eigenvalue weighted by Crippen LogP contribution is -2.21. The van der Waals surface area contributed by atoms with Gasteiger partial charge in [0, 0.05) is 21.9 Å². The quantitative estimate of drug-likeness (QED) is 0.854. The van der Waals surface area contributed by atoms with Gasteiger partial charge in [-0.05, 0) is 23.8 Å². The van der Waals surface area contributed by atoms with Gasteiger partial charge in [-0.15, -0.1) is 0 Å². The normalized spacial score (nSPS) is 10.4. The van der Waals surface area contributed by atoms with E-state index in [-0.39, 0.29) is 5.69 Å². The van der Waals surface area contributed by atoms with Crippen molar-refractivity contribution in [2.24, 2.45) is 0 Å². The zero-order valence-electron chi connectivity index (χ0n) is 8.23. The molecule has 0 unspecified atom stereocenters. The van der Waals surface area contributed by atoms with Gasteiger partial charge in [-0.2, -0.15) is 0 Å². The Morgan fingerprint density at radius 2 is 2.25 bits per heavy atom. The first kappa shape index (κ1) is 11.4. The molecule has 0 aliphatic heterocycles. The molecule has 0 amide bonds. The van der Waals surface area contributed by atoms with Gasteiger partial charge in [0.05, 0.1) is 6.54 Å². The molecule has 3 nitrogen and oxygen atoms in total. The summed E-state index contributed by atoms with van der Waals surface area (Å²) in [5.74, 6) is 0. The van der Waals surface area contributed by atoms with E-state index in [0.717, 1.165) is 10.0 Å². The second-order valence-corrected chi connectivity index (χ2v) is 4.59. The summed E-state index contributed by atoms with van der Waals surface area (Å²) in [4.78, 5) is 15.1. The average molecular weight is 300 g/mol. The molecule has 5 heteroatoms. The number of rotatable bonds is 2. The molecule has 82 valence electrons. The smallest absolute Gasteiger partial charge is 0.295 e. The second kappa shape index (κ2) is 4.80. The van der Waals surface area contributed by atoms with E-state index in [1.165, 1.54) is 10.8 Å². The van der Waals surface area contributed by atoms with E-state index in [9.17, 15) is 4.79 Å². The van der Waals surface area contributed by atoms with Crippen LogP contribution in [0.25, 0.3) is 0 Å². The summed E-state index contributed by atoms with van der Waals surface area (Å²) >= 11 is 9.40. The molecule has 2 aromatic rings. The Morgan fingerprint density at radius 1 is 1.44 bits per heavy atom. The second-order valence-electron chi connectivity index (χ2n) is 3.27. The van der Waals surface area contributed by atoms with Crippen LogP contribution < -0.4 is 5.69 Å². The number of halogens is 2. The molecule has 1 aromatic heterocycles. The molecule has 1 aromatic carbocycles. The molecule has 0 spiro atoms. The van der Waals surface area contributed by atoms with Crippen molar-refractivity contribution in [3.63, 3.8) is 0 Å². The lowest BCUT2D eigenvalue weighted by Gasteiger charge is -2.06. The first-order valence-electron chi connectivity index (χ1n) is 4.62. The Kier molecular flexibility index (Phi) is 3.41. The molecule has 0 atom stereocenters.